The molecule has 3 heterocycles. The molecule has 148 valence electrons. The molecule has 3 aromatic rings. The topological polar surface area (TPSA) is 80.1 Å². The largest absolute Gasteiger partial charge is 0.341 e. The number of nitrogens with one attached hydrogen (secondary N) is 1. The first-order valence-corrected chi connectivity index (χ1v) is 9.80. The second-order valence-electron chi connectivity index (χ2n) is 7.10. The number of benzene rings is 1. The van der Waals surface area contributed by atoms with Gasteiger partial charge in [-0.3, -0.25) is 9.59 Å². The van der Waals surface area contributed by atoms with Crippen LogP contribution in [0.2, 0.25) is 0 Å². The first-order valence-electron chi connectivity index (χ1n) is 9.80. The van der Waals surface area contributed by atoms with Crippen molar-refractivity contribution in [2.75, 3.05) is 13.1 Å². The van der Waals surface area contributed by atoms with E-state index < -0.39 is 6.04 Å². The zero-order valence-corrected chi connectivity index (χ0v) is 16.1. The third-order valence-electron chi connectivity index (χ3n) is 5.05. The molecule has 1 unspecified atom stereocenters. The monoisotopic (exact) mass is 389 g/mol. The number of aromatic nitrogens is 3. The standard InChI is InChI=1S/C22H23N5O2/c28-21(18-9-10-20(23-16-18)27-14-6-11-24-27)25-19(15-17-7-2-1-3-8-17)22(29)26-12-4-5-13-26/h1-3,6-11,14,16,19H,4-5,12-13,15H2,(H,25,28). The minimum absolute atomic E-state index is 0.0270. The molecule has 1 fully saturated rings. The number of rotatable bonds is 6. The van der Waals surface area contributed by atoms with Gasteiger partial charge >= 0.3 is 0 Å². The molecular weight excluding hydrogens is 366 g/mol. The summed E-state index contributed by atoms with van der Waals surface area (Å²) in [5.41, 5.74) is 1.42. The van der Waals surface area contributed by atoms with Crippen LogP contribution in [-0.4, -0.2) is 50.6 Å². The van der Waals surface area contributed by atoms with E-state index in [9.17, 15) is 9.59 Å². The van der Waals surface area contributed by atoms with Crippen LogP contribution in [-0.2, 0) is 11.2 Å². The minimum atomic E-state index is -0.603. The Labute approximate surface area is 169 Å². The van der Waals surface area contributed by atoms with Gasteiger partial charge in [0.2, 0.25) is 5.91 Å². The fourth-order valence-electron chi connectivity index (χ4n) is 3.51. The van der Waals surface area contributed by atoms with Crippen molar-refractivity contribution in [2.24, 2.45) is 0 Å². The van der Waals surface area contributed by atoms with Gasteiger partial charge in [-0.15, -0.1) is 0 Å². The molecular formula is C22H23N5O2. The number of carbonyl (C=O) groups is 2. The maximum atomic E-state index is 13.0. The van der Waals surface area contributed by atoms with Crippen LogP contribution in [0.15, 0.2) is 67.1 Å². The molecule has 1 aromatic carbocycles. The van der Waals surface area contributed by atoms with E-state index in [0.717, 1.165) is 31.5 Å². The van der Waals surface area contributed by atoms with E-state index in [1.54, 1.807) is 35.3 Å². The number of hydrogen-bond acceptors (Lipinski definition) is 4. The Morgan fingerprint density at radius 2 is 1.83 bits per heavy atom. The summed E-state index contributed by atoms with van der Waals surface area (Å²) in [6.07, 6.45) is 7.44. The molecule has 2 amide bonds. The van der Waals surface area contributed by atoms with Crippen molar-refractivity contribution < 1.29 is 9.59 Å². The van der Waals surface area contributed by atoms with E-state index in [4.69, 9.17) is 0 Å². The number of carbonyl (C=O) groups excluding carboxylic acids is 2. The summed E-state index contributed by atoms with van der Waals surface area (Å²) in [6, 6.07) is 14.4. The summed E-state index contributed by atoms with van der Waals surface area (Å²) >= 11 is 0. The molecule has 1 N–H and O–H groups in total. The van der Waals surface area contributed by atoms with Gasteiger partial charge in [0.05, 0.1) is 5.56 Å². The van der Waals surface area contributed by atoms with E-state index >= 15 is 0 Å². The molecule has 1 aliphatic rings. The highest BCUT2D eigenvalue weighted by Crippen LogP contribution is 2.13. The number of likely N-dealkylation sites (tertiary alicyclic amines) is 1. The molecule has 1 aliphatic heterocycles. The van der Waals surface area contributed by atoms with Crippen molar-refractivity contribution in [2.45, 2.75) is 25.3 Å². The highest BCUT2D eigenvalue weighted by molar-refractivity contribution is 5.97. The first-order chi connectivity index (χ1) is 14.2. The lowest BCUT2D eigenvalue weighted by Gasteiger charge is -2.24. The van der Waals surface area contributed by atoms with Gasteiger partial charge in [0.15, 0.2) is 5.82 Å². The zero-order valence-electron chi connectivity index (χ0n) is 16.1. The Kier molecular flexibility index (Phi) is 5.65. The molecule has 0 aliphatic carbocycles. The molecule has 0 bridgehead atoms. The maximum absolute atomic E-state index is 13.0. The van der Waals surface area contributed by atoms with Crippen molar-refractivity contribution in [1.82, 2.24) is 25.0 Å². The Balaban J connectivity index is 1.49. The van der Waals surface area contributed by atoms with E-state index in [1.807, 2.05) is 35.2 Å². The molecule has 0 saturated carbocycles. The Morgan fingerprint density at radius 3 is 2.48 bits per heavy atom. The fraction of sp³-hybridized carbons (Fsp3) is 0.273. The maximum Gasteiger partial charge on any atom is 0.253 e. The van der Waals surface area contributed by atoms with E-state index in [-0.39, 0.29) is 11.8 Å². The normalized spacial score (nSPS) is 14.6. The quantitative estimate of drug-likeness (QED) is 0.701. The highest BCUT2D eigenvalue weighted by Gasteiger charge is 2.28. The summed E-state index contributed by atoms with van der Waals surface area (Å²) < 4.78 is 1.62. The van der Waals surface area contributed by atoms with E-state index in [0.29, 0.717) is 17.8 Å². The van der Waals surface area contributed by atoms with Crippen molar-refractivity contribution >= 4 is 11.8 Å². The molecule has 1 saturated heterocycles. The molecule has 29 heavy (non-hydrogen) atoms. The average molecular weight is 389 g/mol. The lowest BCUT2D eigenvalue weighted by Crippen LogP contribution is -2.49. The average Bonchev–Trinajstić information content (AvgIpc) is 3.48. The van der Waals surface area contributed by atoms with Gasteiger partial charge in [0.1, 0.15) is 6.04 Å². The molecule has 0 radical (unpaired) electrons. The predicted molar refractivity (Wildman–Crippen MR) is 109 cm³/mol. The summed E-state index contributed by atoms with van der Waals surface area (Å²) in [5, 5.41) is 7.05. The zero-order chi connectivity index (χ0) is 20.1. The second kappa shape index (κ2) is 8.68. The second-order valence-corrected chi connectivity index (χ2v) is 7.10. The Hall–Kier alpha value is -3.48. The smallest absolute Gasteiger partial charge is 0.253 e. The van der Waals surface area contributed by atoms with Crippen LogP contribution in [0.1, 0.15) is 28.8 Å². The van der Waals surface area contributed by atoms with Crippen LogP contribution >= 0.6 is 0 Å². The highest BCUT2D eigenvalue weighted by atomic mass is 16.2. The lowest BCUT2D eigenvalue weighted by molar-refractivity contribution is -0.132. The molecule has 7 nitrogen and oxygen atoms in total. The number of amides is 2. The molecule has 0 spiro atoms. The van der Waals surface area contributed by atoms with Gasteiger partial charge in [-0.2, -0.15) is 5.10 Å². The third kappa shape index (κ3) is 4.51. The van der Waals surface area contributed by atoms with Crippen LogP contribution in [0.4, 0.5) is 0 Å². The molecule has 1 atom stereocenters. The third-order valence-corrected chi connectivity index (χ3v) is 5.05. The van der Waals surface area contributed by atoms with Gasteiger partial charge in [-0.1, -0.05) is 30.3 Å². The Bertz CT molecular complexity index is 949. The van der Waals surface area contributed by atoms with Gasteiger partial charge < -0.3 is 10.2 Å². The van der Waals surface area contributed by atoms with Gasteiger partial charge in [-0.25, -0.2) is 9.67 Å². The number of pyridine rings is 1. The number of nitrogens with zero attached hydrogens (tertiary/aromatic N) is 4. The predicted octanol–water partition coefficient (Wildman–Crippen LogP) is 2.23. The van der Waals surface area contributed by atoms with Crippen LogP contribution in [0, 0.1) is 0 Å². The summed E-state index contributed by atoms with van der Waals surface area (Å²) in [4.78, 5) is 32.0. The fourth-order valence-corrected chi connectivity index (χ4v) is 3.51. The first kappa shape index (κ1) is 18.9. The lowest BCUT2D eigenvalue weighted by atomic mass is 10.0. The van der Waals surface area contributed by atoms with Crippen molar-refractivity contribution in [1.29, 1.82) is 0 Å². The van der Waals surface area contributed by atoms with Gasteiger partial charge in [0, 0.05) is 38.1 Å². The molecule has 2 aromatic heterocycles. The molecule has 7 heteroatoms. The number of hydrogen-bond donors (Lipinski definition) is 1. The summed E-state index contributed by atoms with van der Waals surface area (Å²) in [5.74, 6) is 0.291. The summed E-state index contributed by atoms with van der Waals surface area (Å²) in [6.45, 7) is 1.50. The van der Waals surface area contributed by atoms with Crippen molar-refractivity contribution in [3.8, 4) is 5.82 Å². The summed E-state index contributed by atoms with van der Waals surface area (Å²) in [7, 11) is 0. The van der Waals surface area contributed by atoms with Crippen LogP contribution in [0.5, 0.6) is 0 Å². The van der Waals surface area contributed by atoms with Crippen molar-refractivity contribution in [3.63, 3.8) is 0 Å². The SMILES string of the molecule is O=C(NC(Cc1ccccc1)C(=O)N1CCCC1)c1ccc(-n2cccn2)nc1. The Morgan fingerprint density at radius 1 is 1.03 bits per heavy atom. The van der Waals surface area contributed by atoms with Crippen LogP contribution in [0.25, 0.3) is 5.82 Å². The van der Waals surface area contributed by atoms with Gasteiger partial charge in [-0.05, 0) is 36.6 Å². The van der Waals surface area contributed by atoms with E-state index in [1.165, 1.54) is 6.20 Å². The van der Waals surface area contributed by atoms with Gasteiger partial charge in [0.25, 0.3) is 5.91 Å². The molecule has 4 rings (SSSR count). The van der Waals surface area contributed by atoms with E-state index in [2.05, 4.69) is 15.4 Å². The van der Waals surface area contributed by atoms with Crippen molar-refractivity contribution in [3.05, 3.63) is 78.2 Å². The van der Waals surface area contributed by atoms with Crippen LogP contribution in [0.3, 0.4) is 0 Å². The van der Waals surface area contributed by atoms with Crippen LogP contribution < -0.4 is 5.32 Å². The minimum Gasteiger partial charge on any atom is -0.341 e.